The molecule has 0 aliphatic carbocycles. The predicted molar refractivity (Wildman–Crippen MR) is 88.1 cm³/mol. The van der Waals surface area contributed by atoms with Crippen LogP contribution in [0.15, 0.2) is 17.5 Å². The SMILES string of the molecule is C[C@@H]1C[C@H](N)CCN1C(=O)c1csc(-c2ccc(Cl)s2)n1. The zero-order valence-corrected chi connectivity index (χ0v) is 14.0. The molecule has 2 aromatic heterocycles. The fraction of sp³-hybridized carbons (Fsp3) is 0.429. The zero-order valence-electron chi connectivity index (χ0n) is 11.6. The number of nitrogens with two attached hydrogens (primary N) is 1. The van der Waals surface area contributed by atoms with Crippen LogP contribution in [0.25, 0.3) is 9.88 Å². The van der Waals surface area contributed by atoms with Gasteiger partial charge in [-0.15, -0.1) is 22.7 Å². The van der Waals surface area contributed by atoms with E-state index >= 15 is 0 Å². The number of thiophene rings is 1. The number of aromatic nitrogens is 1. The highest BCUT2D eigenvalue weighted by molar-refractivity contribution is 7.23. The summed E-state index contributed by atoms with van der Waals surface area (Å²) in [7, 11) is 0. The summed E-state index contributed by atoms with van der Waals surface area (Å²) >= 11 is 8.90. The minimum absolute atomic E-state index is 0.000414. The van der Waals surface area contributed by atoms with Crippen LogP contribution in [-0.4, -0.2) is 34.4 Å². The Hall–Kier alpha value is -0.950. The first-order valence-corrected chi connectivity index (χ1v) is 8.90. The second-order valence-electron chi connectivity index (χ2n) is 5.27. The average molecular weight is 342 g/mol. The highest BCUT2D eigenvalue weighted by Gasteiger charge is 2.29. The van der Waals surface area contributed by atoms with Crippen LogP contribution < -0.4 is 5.73 Å². The van der Waals surface area contributed by atoms with E-state index in [9.17, 15) is 4.79 Å². The van der Waals surface area contributed by atoms with Gasteiger partial charge in [-0.1, -0.05) is 11.6 Å². The molecule has 2 atom stereocenters. The van der Waals surface area contributed by atoms with Gasteiger partial charge in [0.2, 0.25) is 0 Å². The molecule has 112 valence electrons. The third kappa shape index (κ3) is 3.13. The van der Waals surface area contributed by atoms with Crippen molar-refractivity contribution < 1.29 is 4.79 Å². The highest BCUT2D eigenvalue weighted by atomic mass is 35.5. The van der Waals surface area contributed by atoms with E-state index in [0.29, 0.717) is 12.2 Å². The van der Waals surface area contributed by atoms with Gasteiger partial charge < -0.3 is 10.6 Å². The molecule has 21 heavy (non-hydrogen) atoms. The zero-order chi connectivity index (χ0) is 15.0. The molecule has 1 amide bonds. The molecule has 1 fully saturated rings. The number of carbonyl (C=O) groups excluding carboxylic acids is 1. The van der Waals surface area contributed by atoms with Crippen molar-refractivity contribution in [3.05, 3.63) is 27.5 Å². The van der Waals surface area contributed by atoms with Gasteiger partial charge in [-0.25, -0.2) is 4.98 Å². The first-order valence-electron chi connectivity index (χ1n) is 6.82. The van der Waals surface area contributed by atoms with Crippen molar-refractivity contribution in [3.63, 3.8) is 0 Å². The lowest BCUT2D eigenvalue weighted by molar-refractivity contribution is 0.0614. The maximum atomic E-state index is 12.6. The molecule has 4 nitrogen and oxygen atoms in total. The summed E-state index contributed by atoms with van der Waals surface area (Å²) in [6, 6.07) is 4.15. The number of thiazole rings is 1. The van der Waals surface area contributed by atoms with Crippen molar-refractivity contribution in [2.24, 2.45) is 5.73 Å². The minimum atomic E-state index is -0.000414. The number of nitrogens with zero attached hydrogens (tertiary/aromatic N) is 2. The fourth-order valence-electron chi connectivity index (χ4n) is 2.57. The summed E-state index contributed by atoms with van der Waals surface area (Å²) in [5, 5.41) is 2.67. The topological polar surface area (TPSA) is 59.2 Å². The normalized spacial score (nSPS) is 22.5. The number of hydrogen-bond donors (Lipinski definition) is 1. The van der Waals surface area contributed by atoms with Gasteiger partial charge in [-0.05, 0) is 31.9 Å². The van der Waals surface area contributed by atoms with Crippen LogP contribution in [0.3, 0.4) is 0 Å². The van der Waals surface area contributed by atoms with E-state index in [1.54, 1.807) is 0 Å². The molecule has 1 aliphatic rings. The van der Waals surface area contributed by atoms with Gasteiger partial charge in [-0.3, -0.25) is 4.79 Å². The maximum absolute atomic E-state index is 12.6. The molecule has 1 aliphatic heterocycles. The second kappa shape index (κ2) is 6.04. The lowest BCUT2D eigenvalue weighted by Crippen LogP contribution is -2.48. The third-order valence-electron chi connectivity index (χ3n) is 3.68. The van der Waals surface area contributed by atoms with Gasteiger partial charge >= 0.3 is 0 Å². The van der Waals surface area contributed by atoms with Crippen molar-refractivity contribution in [2.75, 3.05) is 6.54 Å². The quantitative estimate of drug-likeness (QED) is 0.909. The highest BCUT2D eigenvalue weighted by Crippen LogP contribution is 2.33. The van der Waals surface area contributed by atoms with Crippen LogP contribution in [0.5, 0.6) is 0 Å². The van der Waals surface area contributed by atoms with Crippen molar-refractivity contribution in [2.45, 2.75) is 31.8 Å². The largest absolute Gasteiger partial charge is 0.334 e. The summed E-state index contributed by atoms with van der Waals surface area (Å²) in [6.07, 6.45) is 1.71. The Kier molecular flexibility index (Phi) is 4.31. The Morgan fingerprint density at radius 2 is 2.33 bits per heavy atom. The number of hydrogen-bond acceptors (Lipinski definition) is 5. The lowest BCUT2D eigenvalue weighted by Gasteiger charge is -2.35. The fourth-order valence-corrected chi connectivity index (χ4v) is 4.48. The summed E-state index contributed by atoms with van der Waals surface area (Å²) < 4.78 is 0.728. The lowest BCUT2D eigenvalue weighted by atomic mass is 9.99. The standard InChI is InChI=1S/C14H16ClN3OS2/c1-8-6-9(16)4-5-18(8)14(19)10-7-20-13(17-10)11-2-3-12(15)21-11/h2-3,7-9H,4-6,16H2,1H3/t8-,9-/m1/s1. The Morgan fingerprint density at radius 1 is 1.52 bits per heavy atom. The van der Waals surface area contributed by atoms with Crippen LogP contribution in [0, 0.1) is 0 Å². The smallest absolute Gasteiger partial charge is 0.273 e. The van der Waals surface area contributed by atoms with Crippen molar-refractivity contribution in [3.8, 4) is 9.88 Å². The molecule has 3 rings (SSSR count). The minimum Gasteiger partial charge on any atom is -0.334 e. The molecule has 0 aromatic carbocycles. The molecule has 0 unspecified atom stereocenters. The summed E-state index contributed by atoms with van der Waals surface area (Å²) in [6.45, 7) is 2.75. The summed E-state index contributed by atoms with van der Waals surface area (Å²) in [5.74, 6) is -0.000414. The van der Waals surface area contributed by atoms with Crippen LogP contribution in [0.4, 0.5) is 0 Å². The van der Waals surface area contributed by atoms with Gasteiger partial charge in [0.1, 0.15) is 10.7 Å². The maximum Gasteiger partial charge on any atom is 0.273 e. The van der Waals surface area contributed by atoms with Gasteiger partial charge in [0, 0.05) is 24.0 Å². The number of amides is 1. The van der Waals surface area contributed by atoms with Crippen LogP contribution in [0.2, 0.25) is 4.34 Å². The number of rotatable bonds is 2. The van der Waals surface area contributed by atoms with Gasteiger partial charge in [0.05, 0.1) is 9.21 Å². The van der Waals surface area contributed by atoms with Crippen LogP contribution in [-0.2, 0) is 0 Å². The van der Waals surface area contributed by atoms with Gasteiger partial charge in [0.15, 0.2) is 0 Å². The van der Waals surface area contributed by atoms with Gasteiger partial charge in [0.25, 0.3) is 5.91 Å². The first kappa shape index (κ1) is 15.0. The molecule has 2 N–H and O–H groups in total. The molecule has 2 aromatic rings. The molecule has 0 saturated carbocycles. The Bertz CT molecular complexity index is 654. The van der Waals surface area contributed by atoms with E-state index in [2.05, 4.69) is 4.98 Å². The summed E-state index contributed by atoms with van der Waals surface area (Å²) in [5.41, 5.74) is 6.46. The Labute approximate surface area is 136 Å². The Balaban J connectivity index is 1.78. The van der Waals surface area contributed by atoms with Gasteiger partial charge in [-0.2, -0.15) is 0 Å². The van der Waals surface area contributed by atoms with E-state index in [1.807, 2.05) is 29.3 Å². The monoisotopic (exact) mass is 341 g/mol. The molecular formula is C14H16ClN3OS2. The molecule has 0 radical (unpaired) electrons. The van der Waals surface area contributed by atoms with E-state index in [1.165, 1.54) is 22.7 Å². The van der Waals surface area contributed by atoms with Crippen molar-refractivity contribution in [1.82, 2.24) is 9.88 Å². The molecule has 0 bridgehead atoms. The third-order valence-corrected chi connectivity index (χ3v) is 5.93. The Morgan fingerprint density at radius 3 is 3.00 bits per heavy atom. The molecule has 7 heteroatoms. The van der Waals surface area contributed by atoms with Crippen LogP contribution >= 0.6 is 34.3 Å². The van der Waals surface area contributed by atoms with Crippen molar-refractivity contribution in [1.29, 1.82) is 0 Å². The number of likely N-dealkylation sites (tertiary alicyclic amines) is 1. The molecule has 0 spiro atoms. The number of carbonyl (C=O) groups is 1. The van der Waals surface area contributed by atoms with Crippen molar-refractivity contribution >= 4 is 40.2 Å². The average Bonchev–Trinajstić information content (AvgIpc) is 3.06. The van der Waals surface area contributed by atoms with E-state index in [-0.39, 0.29) is 18.0 Å². The molecule has 1 saturated heterocycles. The predicted octanol–water partition coefficient (Wildman–Crippen LogP) is 3.48. The van der Waals surface area contributed by atoms with E-state index < -0.39 is 0 Å². The summed E-state index contributed by atoms with van der Waals surface area (Å²) in [4.78, 5) is 19.9. The molecular weight excluding hydrogens is 326 g/mol. The molecule has 3 heterocycles. The number of halogens is 1. The number of piperidine rings is 1. The van der Waals surface area contributed by atoms with Crippen LogP contribution in [0.1, 0.15) is 30.3 Å². The van der Waals surface area contributed by atoms with E-state index in [4.69, 9.17) is 17.3 Å². The first-order chi connectivity index (χ1) is 10.0. The second-order valence-corrected chi connectivity index (χ2v) is 7.85. The van der Waals surface area contributed by atoms with E-state index in [0.717, 1.165) is 27.1 Å².